The zero-order chi connectivity index (χ0) is 49.9. The van der Waals surface area contributed by atoms with Crippen molar-refractivity contribution in [2.75, 3.05) is 4.90 Å². The fraction of sp³-hybridized carbons (Fsp3) is 0.0411. The van der Waals surface area contributed by atoms with E-state index in [-0.39, 0.29) is 0 Å². The second-order valence-corrected chi connectivity index (χ2v) is 21.7. The fourth-order valence-corrected chi connectivity index (χ4v) is 14.7. The van der Waals surface area contributed by atoms with Crippen LogP contribution in [0.15, 0.2) is 261 Å². The van der Waals surface area contributed by atoms with E-state index in [0.29, 0.717) is 0 Å². The van der Waals surface area contributed by atoms with E-state index in [9.17, 15) is 0 Å². The van der Waals surface area contributed by atoms with Gasteiger partial charge in [0, 0.05) is 48.4 Å². The van der Waals surface area contributed by atoms with Gasteiger partial charge < -0.3 is 9.47 Å². The summed E-state index contributed by atoms with van der Waals surface area (Å²) in [5, 5.41) is 3.86. The van der Waals surface area contributed by atoms with Gasteiger partial charge in [-0.3, -0.25) is 0 Å². The van der Waals surface area contributed by atoms with Crippen LogP contribution in [0.4, 0.5) is 17.1 Å². The lowest BCUT2D eigenvalue weighted by Crippen LogP contribution is -2.26. The van der Waals surface area contributed by atoms with Gasteiger partial charge in [0.05, 0.1) is 22.1 Å². The van der Waals surface area contributed by atoms with E-state index >= 15 is 0 Å². The molecule has 3 heteroatoms. The topological polar surface area (TPSA) is 8.17 Å². The highest BCUT2D eigenvalue weighted by atomic mass is 32.1. The van der Waals surface area contributed by atoms with Gasteiger partial charge in [0.1, 0.15) is 0 Å². The van der Waals surface area contributed by atoms with E-state index in [1.807, 2.05) is 11.3 Å². The highest BCUT2D eigenvalue weighted by molar-refractivity contribution is 7.19. The zero-order valence-electron chi connectivity index (χ0n) is 41.6. The lowest BCUT2D eigenvalue weighted by atomic mass is 9.70. The van der Waals surface area contributed by atoms with Crippen LogP contribution in [0, 0.1) is 0 Å². The molecule has 16 rings (SSSR count). The summed E-state index contributed by atoms with van der Waals surface area (Å²) in [5.74, 6) is 0. The molecule has 0 fully saturated rings. The minimum absolute atomic E-state index is 0.452. The van der Waals surface area contributed by atoms with Crippen LogP contribution >= 0.6 is 11.3 Å². The standard InChI is InChI=1S/C73H48N2S/c1-3-17-47(18-4-1)50-37-43-69-60(45-50)61-46-51(38-44-70(61)76-69)48-33-39-53(40-34-48)74(54-41-35-49(36-42-54)55-25-15-31-67-71(55)59-24-10-14-30-66(59)75(67)52-19-5-2-6-20-52)68-32-16-29-65-72(68)58-23-9-13-28-64(58)73(65)62-26-11-7-21-56(62)57-22-8-12-27-63(57)73/h1-37,39-43,45-46H,38,44H2. The molecule has 76 heavy (non-hydrogen) atoms. The Morgan fingerprint density at radius 2 is 0.961 bits per heavy atom. The molecule has 3 aliphatic carbocycles. The Bertz CT molecular complexity index is 4450. The first-order valence-electron chi connectivity index (χ1n) is 26.5. The van der Waals surface area contributed by atoms with Crippen LogP contribution < -0.4 is 4.90 Å². The SMILES string of the molecule is C1=C(c2ccc(N(c3ccc(-c4cccc5c4c4ccccc4n5-c4ccccc4)cc3)c3cccc4c3-c3ccccc3C43c4ccccc4-c4ccccc43)cc2)CCc2sc3ccc(-c4ccccc4)cc3c21. The van der Waals surface area contributed by atoms with Gasteiger partial charge in [-0.2, -0.15) is 0 Å². The largest absolute Gasteiger partial charge is 0.310 e. The van der Waals surface area contributed by atoms with Crippen molar-refractivity contribution >= 4 is 71.9 Å². The highest BCUT2D eigenvalue weighted by Crippen LogP contribution is 2.64. The summed E-state index contributed by atoms with van der Waals surface area (Å²) in [7, 11) is 0. The third-order valence-corrected chi connectivity index (χ3v) is 18.0. The van der Waals surface area contributed by atoms with Crippen LogP contribution in [0.25, 0.3) is 93.7 Å². The van der Waals surface area contributed by atoms with Crippen molar-refractivity contribution in [1.29, 1.82) is 0 Å². The van der Waals surface area contributed by atoms with E-state index in [1.54, 1.807) is 0 Å². The number of benzene rings is 11. The summed E-state index contributed by atoms with van der Waals surface area (Å²) in [6.45, 7) is 0. The number of hydrogen-bond acceptors (Lipinski definition) is 2. The summed E-state index contributed by atoms with van der Waals surface area (Å²) < 4.78 is 3.76. The molecule has 3 aliphatic rings. The van der Waals surface area contributed by atoms with Gasteiger partial charge in [0.15, 0.2) is 0 Å². The van der Waals surface area contributed by atoms with Crippen molar-refractivity contribution in [3.8, 4) is 50.2 Å². The smallest absolute Gasteiger partial charge is 0.0726 e. The number of rotatable bonds is 7. The molecular formula is C73H48N2S. The maximum Gasteiger partial charge on any atom is 0.0726 e. The molecule has 13 aromatic rings. The first-order valence-corrected chi connectivity index (χ1v) is 27.4. The first-order chi connectivity index (χ1) is 37.7. The number of anilines is 3. The van der Waals surface area contributed by atoms with Crippen molar-refractivity contribution in [3.63, 3.8) is 0 Å². The zero-order valence-corrected chi connectivity index (χ0v) is 42.4. The Balaban J connectivity index is 0.862. The van der Waals surface area contributed by atoms with Crippen LogP contribution in [-0.2, 0) is 11.8 Å². The van der Waals surface area contributed by atoms with Crippen molar-refractivity contribution in [2.24, 2.45) is 0 Å². The maximum absolute atomic E-state index is 2.52. The lowest BCUT2D eigenvalue weighted by molar-refractivity contribution is 0.794. The molecule has 2 nitrogen and oxygen atoms in total. The summed E-state index contributed by atoms with van der Waals surface area (Å²) in [4.78, 5) is 4.00. The summed E-state index contributed by atoms with van der Waals surface area (Å²) in [6, 6.07) is 97.3. The van der Waals surface area contributed by atoms with Crippen LogP contribution in [0.1, 0.15) is 44.7 Å². The number of allylic oxidation sites excluding steroid dienone is 1. The molecule has 2 aromatic heterocycles. The number of aryl methyl sites for hydroxylation is 1. The van der Waals surface area contributed by atoms with Gasteiger partial charge in [-0.1, -0.05) is 194 Å². The fourth-order valence-electron chi connectivity index (χ4n) is 13.5. The Morgan fingerprint density at radius 1 is 0.395 bits per heavy atom. The van der Waals surface area contributed by atoms with E-state index in [1.165, 1.54) is 120 Å². The third-order valence-electron chi connectivity index (χ3n) is 16.7. The van der Waals surface area contributed by atoms with Crippen LogP contribution in [0.5, 0.6) is 0 Å². The van der Waals surface area contributed by atoms with Gasteiger partial charge >= 0.3 is 0 Å². The molecule has 0 bridgehead atoms. The van der Waals surface area contributed by atoms with E-state index in [2.05, 4.69) is 276 Å². The summed E-state index contributed by atoms with van der Waals surface area (Å²) in [5.41, 5.74) is 26.0. The average molecular weight is 985 g/mol. The predicted octanol–water partition coefficient (Wildman–Crippen LogP) is 19.6. The Morgan fingerprint density at radius 3 is 1.70 bits per heavy atom. The van der Waals surface area contributed by atoms with E-state index < -0.39 is 5.41 Å². The molecule has 0 atom stereocenters. The molecule has 0 unspecified atom stereocenters. The van der Waals surface area contributed by atoms with E-state index in [4.69, 9.17) is 0 Å². The average Bonchev–Trinajstić information content (AvgIpc) is 4.36. The minimum Gasteiger partial charge on any atom is -0.310 e. The van der Waals surface area contributed by atoms with Crippen molar-refractivity contribution in [3.05, 3.63) is 299 Å². The number of fused-ring (bicyclic) bond motifs is 16. The van der Waals surface area contributed by atoms with Crippen molar-refractivity contribution in [2.45, 2.75) is 18.3 Å². The molecule has 0 radical (unpaired) electrons. The third kappa shape index (κ3) is 6.27. The Hall–Kier alpha value is -9.28. The van der Waals surface area contributed by atoms with Crippen LogP contribution in [0.3, 0.4) is 0 Å². The number of hydrogen-bond donors (Lipinski definition) is 0. The number of para-hydroxylation sites is 2. The second-order valence-electron chi connectivity index (χ2n) is 20.6. The van der Waals surface area contributed by atoms with Gasteiger partial charge in [-0.05, 0) is 164 Å². The van der Waals surface area contributed by atoms with Crippen LogP contribution in [-0.4, -0.2) is 4.57 Å². The lowest BCUT2D eigenvalue weighted by Gasteiger charge is -2.32. The van der Waals surface area contributed by atoms with Gasteiger partial charge in [0.2, 0.25) is 0 Å². The number of nitrogens with zero attached hydrogens (tertiary/aromatic N) is 2. The first kappa shape index (κ1) is 43.2. The molecular weight excluding hydrogens is 937 g/mol. The summed E-state index contributed by atoms with van der Waals surface area (Å²) in [6.07, 6.45) is 4.54. The molecule has 0 amide bonds. The molecule has 1 spiro atoms. The Kier molecular flexibility index (Phi) is 9.58. The normalized spacial score (nSPS) is 13.6. The molecule has 0 N–H and O–H groups in total. The van der Waals surface area contributed by atoms with E-state index in [0.717, 1.165) is 35.6 Å². The molecule has 11 aromatic carbocycles. The predicted molar refractivity (Wildman–Crippen MR) is 321 cm³/mol. The molecule has 2 heterocycles. The quantitative estimate of drug-likeness (QED) is 0.154. The van der Waals surface area contributed by atoms with Gasteiger partial charge in [-0.15, -0.1) is 11.3 Å². The molecule has 0 aliphatic heterocycles. The maximum atomic E-state index is 2.52. The summed E-state index contributed by atoms with van der Waals surface area (Å²) >= 11 is 1.95. The minimum atomic E-state index is -0.452. The second kappa shape index (κ2) is 16.9. The monoisotopic (exact) mass is 984 g/mol. The number of aromatic nitrogens is 1. The number of thiophene rings is 1. The van der Waals surface area contributed by atoms with Gasteiger partial charge in [0.25, 0.3) is 0 Å². The van der Waals surface area contributed by atoms with Crippen molar-refractivity contribution in [1.82, 2.24) is 4.57 Å². The molecule has 0 saturated heterocycles. The van der Waals surface area contributed by atoms with Crippen LogP contribution in [0.2, 0.25) is 0 Å². The Labute approximate surface area is 446 Å². The van der Waals surface area contributed by atoms with Crippen molar-refractivity contribution < 1.29 is 0 Å². The molecule has 0 saturated carbocycles. The van der Waals surface area contributed by atoms with Gasteiger partial charge in [-0.25, -0.2) is 0 Å². The molecule has 356 valence electrons. The highest BCUT2D eigenvalue weighted by Gasteiger charge is 2.52.